The van der Waals surface area contributed by atoms with Crippen molar-refractivity contribution in [3.63, 3.8) is 0 Å². The monoisotopic (exact) mass is 294 g/mol. The van der Waals surface area contributed by atoms with E-state index >= 15 is 0 Å². The smallest absolute Gasteiger partial charge is 0.223 e. The van der Waals surface area contributed by atoms with Crippen molar-refractivity contribution in [3.8, 4) is 0 Å². The highest BCUT2D eigenvalue weighted by Gasteiger charge is 2.23. The van der Waals surface area contributed by atoms with Gasteiger partial charge in [0.15, 0.2) is 0 Å². The van der Waals surface area contributed by atoms with Crippen molar-refractivity contribution >= 4 is 29.1 Å². The van der Waals surface area contributed by atoms with Crippen LogP contribution in [0.15, 0.2) is 18.2 Å². The summed E-state index contributed by atoms with van der Waals surface area (Å²) in [6.45, 7) is 3.77. The summed E-state index contributed by atoms with van der Waals surface area (Å²) in [5.41, 5.74) is 1.69. The van der Waals surface area contributed by atoms with Gasteiger partial charge in [0, 0.05) is 36.6 Å². The summed E-state index contributed by atoms with van der Waals surface area (Å²) in [7, 11) is 0. The van der Waals surface area contributed by atoms with Gasteiger partial charge < -0.3 is 10.2 Å². The van der Waals surface area contributed by atoms with E-state index in [-0.39, 0.29) is 11.8 Å². The van der Waals surface area contributed by atoms with Crippen LogP contribution in [0.25, 0.3) is 0 Å². The first-order valence-electron chi connectivity index (χ1n) is 6.81. The molecule has 1 aromatic rings. The number of nitrogens with one attached hydrogen (secondary N) is 1. The number of anilines is 1. The van der Waals surface area contributed by atoms with E-state index in [2.05, 4.69) is 5.32 Å². The molecule has 1 aliphatic carbocycles. The molecule has 5 heteroatoms. The lowest BCUT2D eigenvalue weighted by Gasteiger charge is -2.21. The molecule has 0 heterocycles. The average molecular weight is 295 g/mol. The van der Waals surface area contributed by atoms with Crippen LogP contribution in [0, 0.1) is 6.92 Å². The number of amides is 2. The van der Waals surface area contributed by atoms with Crippen LogP contribution < -0.4 is 10.2 Å². The third kappa shape index (κ3) is 3.97. The predicted octanol–water partition coefficient (Wildman–Crippen LogP) is 2.67. The molecule has 1 fully saturated rings. The molecule has 0 aromatic heterocycles. The Labute approximate surface area is 124 Å². The van der Waals surface area contributed by atoms with Crippen molar-refractivity contribution in [2.75, 3.05) is 11.4 Å². The van der Waals surface area contributed by atoms with Crippen LogP contribution >= 0.6 is 11.6 Å². The zero-order chi connectivity index (χ0) is 14.7. The van der Waals surface area contributed by atoms with E-state index in [1.54, 1.807) is 11.0 Å². The maximum Gasteiger partial charge on any atom is 0.223 e. The zero-order valence-electron chi connectivity index (χ0n) is 11.8. The molecule has 2 rings (SSSR count). The molecule has 0 spiro atoms. The van der Waals surface area contributed by atoms with Crippen molar-refractivity contribution in [2.24, 2.45) is 0 Å². The van der Waals surface area contributed by atoms with Gasteiger partial charge in [0.2, 0.25) is 11.8 Å². The van der Waals surface area contributed by atoms with Crippen molar-refractivity contribution < 1.29 is 9.59 Å². The van der Waals surface area contributed by atoms with Gasteiger partial charge in [-0.25, -0.2) is 0 Å². The van der Waals surface area contributed by atoms with Gasteiger partial charge >= 0.3 is 0 Å². The molecule has 20 heavy (non-hydrogen) atoms. The molecule has 0 bridgehead atoms. The normalized spacial score (nSPS) is 13.9. The Hall–Kier alpha value is -1.55. The number of benzene rings is 1. The molecule has 108 valence electrons. The third-order valence-electron chi connectivity index (χ3n) is 3.35. The second-order valence-electron chi connectivity index (χ2n) is 5.20. The first-order valence-corrected chi connectivity index (χ1v) is 7.19. The molecular weight excluding hydrogens is 276 g/mol. The third-order valence-corrected chi connectivity index (χ3v) is 3.76. The van der Waals surface area contributed by atoms with E-state index in [0.717, 1.165) is 24.1 Å². The first-order chi connectivity index (χ1) is 9.47. The largest absolute Gasteiger partial charge is 0.353 e. The van der Waals surface area contributed by atoms with E-state index in [4.69, 9.17) is 11.6 Å². The molecule has 0 radical (unpaired) electrons. The number of carbonyl (C=O) groups is 2. The highest BCUT2D eigenvalue weighted by molar-refractivity contribution is 6.31. The van der Waals surface area contributed by atoms with Crippen LogP contribution in [0.2, 0.25) is 5.02 Å². The summed E-state index contributed by atoms with van der Waals surface area (Å²) in [4.78, 5) is 25.0. The van der Waals surface area contributed by atoms with Gasteiger partial charge in [0.1, 0.15) is 0 Å². The molecule has 1 aliphatic rings. The van der Waals surface area contributed by atoms with E-state index in [1.807, 2.05) is 19.1 Å². The lowest BCUT2D eigenvalue weighted by Crippen LogP contribution is -2.34. The van der Waals surface area contributed by atoms with Gasteiger partial charge in [-0.15, -0.1) is 0 Å². The Bertz CT molecular complexity index is 527. The van der Waals surface area contributed by atoms with Crippen LogP contribution in [0.4, 0.5) is 5.69 Å². The molecule has 0 unspecified atom stereocenters. The summed E-state index contributed by atoms with van der Waals surface area (Å²) >= 11 is 6.09. The van der Waals surface area contributed by atoms with Crippen LogP contribution in [0.3, 0.4) is 0 Å². The summed E-state index contributed by atoms with van der Waals surface area (Å²) in [5.74, 6) is -0.0962. The van der Waals surface area contributed by atoms with Gasteiger partial charge in [0.05, 0.1) is 0 Å². The Kier molecular flexibility index (Phi) is 4.65. The second kappa shape index (κ2) is 6.27. The number of hydrogen-bond acceptors (Lipinski definition) is 2. The SMILES string of the molecule is CC(=O)N(CCC(=O)NC1CC1)c1ccc(C)c(Cl)c1. The Balaban J connectivity index is 2.00. The Morgan fingerprint density at radius 2 is 2.10 bits per heavy atom. The zero-order valence-corrected chi connectivity index (χ0v) is 12.5. The van der Waals surface area contributed by atoms with Gasteiger partial charge in [-0.05, 0) is 37.5 Å². The summed E-state index contributed by atoms with van der Waals surface area (Å²) in [6, 6.07) is 5.83. The summed E-state index contributed by atoms with van der Waals surface area (Å²) < 4.78 is 0. The van der Waals surface area contributed by atoms with Crippen LogP contribution in [0.5, 0.6) is 0 Å². The molecule has 2 amide bonds. The van der Waals surface area contributed by atoms with Crippen molar-refractivity contribution in [2.45, 2.75) is 39.2 Å². The molecule has 0 aliphatic heterocycles. The van der Waals surface area contributed by atoms with Crippen LogP contribution in [0.1, 0.15) is 31.7 Å². The minimum Gasteiger partial charge on any atom is -0.353 e. The first kappa shape index (κ1) is 14.9. The standard InChI is InChI=1S/C15H19ClN2O2/c1-10-3-6-13(9-14(10)16)18(11(2)19)8-7-15(20)17-12-4-5-12/h3,6,9,12H,4-5,7-8H2,1-2H3,(H,17,20). The molecule has 1 saturated carbocycles. The molecule has 4 nitrogen and oxygen atoms in total. The van der Waals surface area contributed by atoms with Gasteiger partial charge in [-0.1, -0.05) is 17.7 Å². The van der Waals surface area contributed by atoms with E-state index in [1.165, 1.54) is 6.92 Å². The lowest BCUT2D eigenvalue weighted by molar-refractivity contribution is -0.121. The maximum absolute atomic E-state index is 11.7. The van der Waals surface area contributed by atoms with Gasteiger partial charge in [-0.3, -0.25) is 9.59 Å². The summed E-state index contributed by atoms with van der Waals surface area (Å²) in [5, 5.41) is 3.54. The Morgan fingerprint density at radius 3 is 2.65 bits per heavy atom. The van der Waals surface area contributed by atoms with E-state index in [9.17, 15) is 9.59 Å². The number of rotatable bonds is 5. The number of carbonyl (C=O) groups excluding carboxylic acids is 2. The van der Waals surface area contributed by atoms with Gasteiger partial charge in [-0.2, -0.15) is 0 Å². The molecular formula is C15H19ClN2O2. The number of halogens is 1. The van der Waals surface area contributed by atoms with Crippen LogP contribution in [-0.2, 0) is 9.59 Å². The fraction of sp³-hybridized carbons (Fsp3) is 0.467. The molecule has 0 saturated heterocycles. The van der Waals surface area contributed by atoms with Crippen molar-refractivity contribution in [3.05, 3.63) is 28.8 Å². The van der Waals surface area contributed by atoms with E-state index in [0.29, 0.717) is 24.0 Å². The minimum atomic E-state index is -0.0934. The fourth-order valence-corrected chi connectivity index (χ4v) is 2.13. The number of aryl methyl sites for hydroxylation is 1. The average Bonchev–Trinajstić information content (AvgIpc) is 3.17. The van der Waals surface area contributed by atoms with Crippen LogP contribution in [-0.4, -0.2) is 24.4 Å². The van der Waals surface area contributed by atoms with Crippen molar-refractivity contribution in [1.82, 2.24) is 5.32 Å². The quantitative estimate of drug-likeness (QED) is 0.907. The molecule has 0 atom stereocenters. The van der Waals surface area contributed by atoms with E-state index < -0.39 is 0 Å². The number of nitrogens with zero attached hydrogens (tertiary/aromatic N) is 1. The van der Waals surface area contributed by atoms with Gasteiger partial charge in [0.25, 0.3) is 0 Å². The molecule has 1 N–H and O–H groups in total. The maximum atomic E-state index is 11.7. The fourth-order valence-electron chi connectivity index (χ4n) is 1.96. The molecule has 1 aromatic carbocycles. The van der Waals surface area contributed by atoms with Crippen molar-refractivity contribution in [1.29, 1.82) is 0 Å². The minimum absolute atomic E-state index is 0.00282. The highest BCUT2D eigenvalue weighted by atomic mass is 35.5. The number of hydrogen-bond donors (Lipinski definition) is 1. The predicted molar refractivity (Wildman–Crippen MR) is 80.0 cm³/mol. The Morgan fingerprint density at radius 1 is 1.40 bits per heavy atom. The summed E-state index contributed by atoms with van der Waals surface area (Å²) in [6.07, 6.45) is 2.44. The lowest BCUT2D eigenvalue weighted by atomic mass is 10.2. The second-order valence-corrected chi connectivity index (χ2v) is 5.60. The highest BCUT2D eigenvalue weighted by Crippen LogP contribution is 2.23. The topological polar surface area (TPSA) is 49.4 Å².